The first-order valence-corrected chi connectivity index (χ1v) is 6.03. The van der Waals surface area contributed by atoms with Crippen LogP contribution in [0.3, 0.4) is 0 Å². The lowest BCUT2D eigenvalue weighted by atomic mass is 10.2. The highest BCUT2D eigenvalue weighted by molar-refractivity contribution is 5.63. The van der Waals surface area contributed by atoms with Crippen LogP contribution in [0, 0.1) is 0 Å². The van der Waals surface area contributed by atoms with Gasteiger partial charge in [-0.15, -0.1) is 0 Å². The van der Waals surface area contributed by atoms with Crippen LogP contribution >= 0.6 is 0 Å². The summed E-state index contributed by atoms with van der Waals surface area (Å²) in [5, 5.41) is 9.16. The number of nitrogens with zero attached hydrogens (tertiary/aromatic N) is 2. The first-order chi connectivity index (χ1) is 8.95. The molecule has 0 bridgehead atoms. The van der Waals surface area contributed by atoms with Crippen LogP contribution in [0.1, 0.15) is 6.92 Å². The number of morpholine rings is 1. The van der Waals surface area contributed by atoms with Gasteiger partial charge in [-0.2, -0.15) is 0 Å². The van der Waals surface area contributed by atoms with Crippen LogP contribution in [0.25, 0.3) is 0 Å². The molecule has 0 aromatic carbocycles. The summed E-state index contributed by atoms with van der Waals surface area (Å²) in [5.41, 5.74) is 5.04. The van der Waals surface area contributed by atoms with Gasteiger partial charge in [0.25, 0.3) is 5.56 Å². The van der Waals surface area contributed by atoms with Gasteiger partial charge >= 0.3 is 5.69 Å². The monoisotopic (exact) mass is 270 g/mol. The zero-order valence-electron chi connectivity index (χ0n) is 10.9. The Bertz CT molecular complexity index is 579. The maximum atomic E-state index is 12.0. The van der Waals surface area contributed by atoms with Crippen molar-refractivity contribution in [1.29, 1.82) is 0 Å². The SMILES string of the molecule is CC1COC(CO)CN1c1c(N)n(C)c(=O)[nH]c1=O. The van der Waals surface area contributed by atoms with Crippen LogP contribution in [0.4, 0.5) is 11.5 Å². The number of H-pyrrole nitrogens is 1. The minimum absolute atomic E-state index is 0.0660. The summed E-state index contributed by atoms with van der Waals surface area (Å²) in [6, 6.07) is -0.0660. The highest BCUT2D eigenvalue weighted by Gasteiger charge is 2.29. The van der Waals surface area contributed by atoms with Crippen LogP contribution in [0.2, 0.25) is 0 Å². The van der Waals surface area contributed by atoms with Gasteiger partial charge in [-0.3, -0.25) is 14.3 Å². The van der Waals surface area contributed by atoms with Crippen molar-refractivity contribution in [3.05, 3.63) is 20.8 Å². The van der Waals surface area contributed by atoms with Crippen molar-refractivity contribution < 1.29 is 9.84 Å². The molecule has 4 N–H and O–H groups in total. The Morgan fingerprint density at radius 3 is 2.84 bits per heavy atom. The number of nitrogen functional groups attached to an aromatic ring is 1. The molecule has 1 aromatic heterocycles. The van der Waals surface area contributed by atoms with Crippen LogP contribution in [0.15, 0.2) is 9.59 Å². The Kier molecular flexibility index (Phi) is 3.63. The molecule has 1 saturated heterocycles. The zero-order valence-corrected chi connectivity index (χ0v) is 10.9. The van der Waals surface area contributed by atoms with E-state index in [2.05, 4.69) is 4.98 Å². The molecular formula is C11H18N4O4. The third-order valence-electron chi connectivity index (χ3n) is 3.34. The number of aromatic amines is 1. The zero-order chi connectivity index (χ0) is 14.2. The van der Waals surface area contributed by atoms with E-state index in [4.69, 9.17) is 15.6 Å². The molecule has 0 aliphatic carbocycles. The van der Waals surface area contributed by atoms with Crippen molar-refractivity contribution in [2.75, 3.05) is 30.4 Å². The fraction of sp³-hybridized carbons (Fsp3) is 0.636. The summed E-state index contributed by atoms with van der Waals surface area (Å²) in [5.74, 6) is 0.110. The average molecular weight is 270 g/mol. The second-order valence-electron chi connectivity index (χ2n) is 4.69. The van der Waals surface area contributed by atoms with Gasteiger partial charge in [0.05, 0.1) is 19.3 Å². The van der Waals surface area contributed by atoms with Crippen LogP contribution in [-0.4, -0.2) is 46.6 Å². The summed E-state index contributed by atoms with van der Waals surface area (Å²) >= 11 is 0. The average Bonchev–Trinajstić information content (AvgIpc) is 2.38. The molecule has 1 fully saturated rings. The number of nitrogens with two attached hydrogens (primary N) is 1. The van der Waals surface area contributed by atoms with Gasteiger partial charge in [0.1, 0.15) is 11.5 Å². The maximum absolute atomic E-state index is 12.0. The lowest BCUT2D eigenvalue weighted by molar-refractivity contribution is -0.0104. The van der Waals surface area contributed by atoms with Crippen LogP contribution < -0.4 is 21.9 Å². The molecule has 2 unspecified atom stereocenters. The molecule has 2 rings (SSSR count). The third kappa shape index (κ3) is 2.36. The summed E-state index contributed by atoms with van der Waals surface area (Å²) in [4.78, 5) is 27.4. The molecule has 8 nitrogen and oxygen atoms in total. The van der Waals surface area contributed by atoms with E-state index in [1.165, 1.54) is 11.6 Å². The summed E-state index contributed by atoms with van der Waals surface area (Å²) in [6.07, 6.45) is -0.368. The molecule has 0 amide bonds. The molecule has 2 atom stereocenters. The van der Waals surface area contributed by atoms with E-state index < -0.39 is 11.2 Å². The van der Waals surface area contributed by atoms with Gasteiger partial charge in [0.2, 0.25) is 0 Å². The Labute approximate surface area is 109 Å². The molecule has 1 aliphatic heterocycles. The minimum Gasteiger partial charge on any atom is -0.394 e. The van der Waals surface area contributed by atoms with Gasteiger partial charge in [0, 0.05) is 19.6 Å². The lowest BCUT2D eigenvalue weighted by Crippen LogP contribution is -2.52. The van der Waals surface area contributed by atoms with Gasteiger partial charge in [-0.25, -0.2) is 4.79 Å². The number of anilines is 2. The number of hydrogen-bond donors (Lipinski definition) is 3. The van der Waals surface area contributed by atoms with Crippen molar-refractivity contribution in [2.24, 2.45) is 7.05 Å². The van der Waals surface area contributed by atoms with Crippen molar-refractivity contribution in [1.82, 2.24) is 9.55 Å². The molecule has 0 radical (unpaired) electrons. The predicted octanol–water partition coefficient (Wildman–Crippen LogP) is -1.76. The molecule has 0 saturated carbocycles. The Morgan fingerprint density at radius 1 is 1.53 bits per heavy atom. The minimum atomic E-state index is -0.550. The van der Waals surface area contributed by atoms with Crippen LogP contribution in [-0.2, 0) is 11.8 Å². The largest absolute Gasteiger partial charge is 0.394 e. The van der Waals surface area contributed by atoms with Gasteiger partial charge < -0.3 is 20.5 Å². The molecule has 19 heavy (non-hydrogen) atoms. The van der Waals surface area contributed by atoms with E-state index in [0.29, 0.717) is 13.2 Å². The van der Waals surface area contributed by atoms with E-state index in [9.17, 15) is 9.59 Å². The smallest absolute Gasteiger partial charge is 0.329 e. The Morgan fingerprint density at radius 2 is 2.21 bits per heavy atom. The van der Waals surface area contributed by atoms with Crippen molar-refractivity contribution in [3.63, 3.8) is 0 Å². The quantitative estimate of drug-likeness (QED) is 0.587. The second kappa shape index (κ2) is 5.06. The lowest BCUT2D eigenvalue weighted by Gasteiger charge is -2.38. The predicted molar refractivity (Wildman–Crippen MR) is 70.3 cm³/mol. The third-order valence-corrected chi connectivity index (χ3v) is 3.34. The van der Waals surface area contributed by atoms with Crippen molar-refractivity contribution in [3.8, 4) is 0 Å². The van der Waals surface area contributed by atoms with Crippen molar-refractivity contribution in [2.45, 2.75) is 19.1 Å². The van der Waals surface area contributed by atoms with Gasteiger partial charge in [-0.1, -0.05) is 0 Å². The first kappa shape index (κ1) is 13.6. The molecule has 1 aromatic rings. The Hall–Kier alpha value is -1.80. The van der Waals surface area contributed by atoms with Crippen LogP contribution in [0.5, 0.6) is 0 Å². The highest BCUT2D eigenvalue weighted by Crippen LogP contribution is 2.22. The fourth-order valence-corrected chi connectivity index (χ4v) is 2.14. The number of nitrogens with one attached hydrogen (secondary N) is 1. The van der Waals surface area contributed by atoms with E-state index in [0.717, 1.165) is 0 Å². The first-order valence-electron chi connectivity index (χ1n) is 6.03. The number of aliphatic hydroxyl groups excluding tert-OH is 1. The number of rotatable bonds is 2. The second-order valence-corrected chi connectivity index (χ2v) is 4.69. The fourth-order valence-electron chi connectivity index (χ4n) is 2.14. The molecule has 1 aliphatic rings. The summed E-state index contributed by atoms with van der Waals surface area (Å²) in [7, 11) is 1.49. The number of aromatic nitrogens is 2. The molecule has 2 heterocycles. The standard InChI is InChI=1S/C11H18N4O4/c1-6-5-19-7(4-16)3-15(6)8-9(12)14(2)11(18)13-10(8)17/h6-7,16H,3-5,12H2,1-2H3,(H,13,17,18). The number of aliphatic hydroxyl groups is 1. The number of ether oxygens (including phenoxy) is 1. The maximum Gasteiger partial charge on any atom is 0.329 e. The highest BCUT2D eigenvalue weighted by atomic mass is 16.5. The van der Waals surface area contributed by atoms with E-state index in [1.54, 1.807) is 4.90 Å². The van der Waals surface area contributed by atoms with E-state index >= 15 is 0 Å². The van der Waals surface area contributed by atoms with Gasteiger partial charge in [0.15, 0.2) is 0 Å². The van der Waals surface area contributed by atoms with E-state index in [-0.39, 0.29) is 30.3 Å². The summed E-state index contributed by atoms with van der Waals surface area (Å²) in [6.45, 7) is 2.49. The Balaban J connectivity index is 2.48. The molecular weight excluding hydrogens is 252 g/mol. The topological polar surface area (TPSA) is 114 Å². The molecule has 8 heteroatoms. The molecule has 0 spiro atoms. The van der Waals surface area contributed by atoms with Crippen molar-refractivity contribution >= 4 is 11.5 Å². The van der Waals surface area contributed by atoms with Gasteiger partial charge in [-0.05, 0) is 6.92 Å². The van der Waals surface area contributed by atoms with E-state index in [1.807, 2.05) is 6.92 Å². The summed E-state index contributed by atoms with van der Waals surface area (Å²) < 4.78 is 6.60. The normalized spacial score (nSPS) is 23.6. The number of hydrogen-bond acceptors (Lipinski definition) is 6. The molecule has 106 valence electrons.